The third-order valence-electron chi connectivity index (χ3n) is 7.66. The molecule has 3 aromatic heterocycles. The number of anilines is 2. The smallest absolute Gasteiger partial charge is 0.419 e. The van der Waals surface area contributed by atoms with E-state index in [4.69, 9.17) is 9.47 Å². The Morgan fingerprint density at radius 1 is 1.21 bits per heavy atom. The summed E-state index contributed by atoms with van der Waals surface area (Å²) in [6, 6.07) is 3.57. The van der Waals surface area contributed by atoms with Crippen LogP contribution in [0.25, 0.3) is 11.2 Å². The highest BCUT2D eigenvalue weighted by Crippen LogP contribution is 2.32. The zero-order valence-corrected chi connectivity index (χ0v) is 24.7. The van der Waals surface area contributed by atoms with Crippen LogP contribution in [0.5, 0.6) is 0 Å². The summed E-state index contributed by atoms with van der Waals surface area (Å²) in [6.45, 7) is 8.04. The topological polar surface area (TPSA) is 146 Å². The van der Waals surface area contributed by atoms with Crippen LogP contribution in [0.1, 0.15) is 82.6 Å². The number of fused-ring (bicyclic) bond motifs is 1. The average molecular weight is 594 g/mol. The van der Waals surface area contributed by atoms with E-state index < -0.39 is 17.9 Å². The van der Waals surface area contributed by atoms with Gasteiger partial charge in [-0.15, -0.1) is 0 Å². The molecule has 4 aromatic rings. The SMILES string of the molecule is CCCC(OC(=O)c1ccc(F)cc1Nc1ncc2[nH]c(=O)n(C3CCC(OC(=O)n4ccnc4)CC3)c2n1)C(C)(C)C. The number of imidazole rings is 2. The first-order chi connectivity index (χ1) is 20.5. The molecule has 1 aliphatic carbocycles. The fourth-order valence-corrected chi connectivity index (χ4v) is 5.35. The van der Waals surface area contributed by atoms with E-state index in [9.17, 15) is 18.8 Å². The first kappa shape index (κ1) is 29.9. The molecule has 1 aromatic carbocycles. The zero-order valence-electron chi connectivity index (χ0n) is 24.7. The van der Waals surface area contributed by atoms with Gasteiger partial charge in [-0.1, -0.05) is 34.1 Å². The molecular formula is C30H36FN7O5. The molecule has 13 heteroatoms. The van der Waals surface area contributed by atoms with Crippen molar-refractivity contribution >= 4 is 34.9 Å². The summed E-state index contributed by atoms with van der Waals surface area (Å²) in [5.41, 5.74) is 0.503. The van der Waals surface area contributed by atoms with Crippen molar-refractivity contribution in [1.29, 1.82) is 0 Å². The molecule has 0 spiro atoms. The van der Waals surface area contributed by atoms with Crippen molar-refractivity contribution in [3.8, 4) is 0 Å². The number of aromatic amines is 1. The second-order valence-electron chi connectivity index (χ2n) is 11.9. The van der Waals surface area contributed by atoms with E-state index >= 15 is 0 Å². The van der Waals surface area contributed by atoms with Gasteiger partial charge in [0.1, 0.15) is 29.9 Å². The number of hydrogen-bond donors (Lipinski definition) is 2. The fourth-order valence-electron chi connectivity index (χ4n) is 5.35. The highest BCUT2D eigenvalue weighted by molar-refractivity contribution is 5.96. The van der Waals surface area contributed by atoms with Gasteiger partial charge in [-0.05, 0) is 55.7 Å². The Kier molecular flexibility index (Phi) is 8.60. The summed E-state index contributed by atoms with van der Waals surface area (Å²) in [4.78, 5) is 54.0. The number of aromatic nitrogens is 6. The van der Waals surface area contributed by atoms with Gasteiger partial charge < -0.3 is 19.8 Å². The van der Waals surface area contributed by atoms with E-state index in [-0.39, 0.29) is 46.6 Å². The number of carbonyl (C=O) groups excluding carboxylic acids is 2. The summed E-state index contributed by atoms with van der Waals surface area (Å²) in [7, 11) is 0. The third-order valence-corrected chi connectivity index (χ3v) is 7.66. The van der Waals surface area contributed by atoms with Crippen molar-refractivity contribution in [2.75, 3.05) is 5.32 Å². The number of rotatable bonds is 8. The van der Waals surface area contributed by atoms with Gasteiger partial charge in [-0.3, -0.25) is 4.57 Å². The zero-order chi connectivity index (χ0) is 30.7. The summed E-state index contributed by atoms with van der Waals surface area (Å²) < 4.78 is 28.6. The van der Waals surface area contributed by atoms with E-state index in [1.54, 1.807) is 4.57 Å². The lowest BCUT2D eigenvalue weighted by molar-refractivity contribution is -0.00610. The molecule has 2 N–H and O–H groups in total. The van der Waals surface area contributed by atoms with E-state index in [1.165, 1.54) is 47.7 Å². The number of benzene rings is 1. The summed E-state index contributed by atoms with van der Waals surface area (Å²) >= 11 is 0. The number of nitrogens with zero attached hydrogens (tertiary/aromatic N) is 5. The van der Waals surface area contributed by atoms with E-state index in [1.807, 2.05) is 27.7 Å². The molecule has 43 heavy (non-hydrogen) atoms. The van der Waals surface area contributed by atoms with Crippen molar-refractivity contribution in [2.45, 2.75) is 84.5 Å². The summed E-state index contributed by atoms with van der Waals surface area (Å²) in [6.07, 6.45) is 8.65. The lowest BCUT2D eigenvalue weighted by Gasteiger charge is -2.30. The molecule has 1 atom stereocenters. The van der Waals surface area contributed by atoms with Crippen LogP contribution in [0.15, 0.2) is 47.9 Å². The number of hydrogen-bond acceptors (Lipinski definition) is 9. The largest absolute Gasteiger partial charge is 0.458 e. The fraction of sp³-hybridized carbons (Fsp3) is 0.467. The molecule has 0 aliphatic heterocycles. The molecule has 228 valence electrons. The summed E-state index contributed by atoms with van der Waals surface area (Å²) in [5, 5.41) is 2.95. The van der Waals surface area contributed by atoms with Crippen molar-refractivity contribution < 1.29 is 23.5 Å². The van der Waals surface area contributed by atoms with Crippen LogP contribution in [-0.4, -0.2) is 53.3 Å². The molecule has 1 saturated carbocycles. The molecule has 0 amide bonds. The predicted molar refractivity (Wildman–Crippen MR) is 157 cm³/mol. The van der Waals surface area contributed by atoms with Gasteiger partial charge in [0.2, 0.25) is 5.95 Å². The predicted octanol–water partition coefficient (Wildman–Crippen LogP) is 5.74. The standard InChI is InChI=1S/C30H36FN7O5/c1-5-6-24(30(2,3)4)43-26(39)21-12-7-18(31)15-22(21)34-27-33-16-23-25(36-27)38(28(40)35-23)19-8-10-20(11-9-19)42-29(41)37-14-13-32-17-37/h7,12-17,19-20,24H,5-6,8-11H2,1-4H3,(H,35,40)(H,33,34,36). The summed E-state index contributed by atoms with van der Waals surface area (Å²) in [5.74, 6) is -1.05. The molecule has 1 aliphatic rings. The Morgan fingerprint density at radius 3 is 2.65 bits per heavy atom. The van der Waals surface area contributed by atoms with Crippen molar-refractivity contribution in [3.05, 3.63) is 65.0 Å². The van der Waals surface area contributed by atoms with Crippen LogP contribution in [0.3, 0.4) is 0 Å². The Labute approximate surface area is 247 Å². The maximum Gasteiger partial charge on any atom is 0.419 e. The minimum Gasteiger partial charge on any atom is -0.458 e. The van der Waals surface area contributed by atoms with Gasteiger partial charge in [-0.2, -0.15) is 4.98 Å². The highest BCUT2D eigenvalue weighted by atomic mass is 19.1. The maximum absolute atomic E-state index is 14.3. The number of halogens is 1. The van der Waals surface area contributed by atoms with Crippen molar-refractivity contribution in [3.63, 3.8) is 0 Å². The maximum atomic E-state index is 14.3. The van der Waals surface area contributed by atoms with Gasteiger partial charge in [0, 0.05) is 18.4 Å². The average Bonchev–Trinajstić information content (AvgIpc) is 3.61. The Bertz CT molecular complexity index is 1650. The molecule has 0 radical (unpaired) electrons. The van der Waals surface area contributed by atoms with Gasteiger partial charge >= 0.3 is 17.8 Å². The molecule has 12 nitrogen and oxygen atoms in total. The minimum atomic E-state index is -0.582. The van der Waals surface area contributed by atoms with Crippen molar-refractivity contribution in [2.24, 2.45) is 5.41 Å². The Morgan fingerprint density at radius 2 is 1.98 bits per heavy atom. The normalized spacial score (nSPS) is 17.9. The number of ether oxygens (including phenoxy) is 2. The van der Waals surface area contributed by atoms with Gasteiger partial charge in [-0.25, -0.2) is 33.3 Å². The molecule has 1 unspecified atom stereocenters. The molecular weight excluding hydrogens is 557 g/mol. The highest BCUT2D eigenvalue weighted by Gasteiger charge is 2.30. The Balaban J connectivity index is 1.34. The molecule has 0 bridgehead atoms. The van der Waals surface area contributed by atoms with Gasteiger partial charge in [0.25, 0.3) is 0 Å². The number of nitrogens with one attached hydrogen (secondary N) is 2. The van der Waals surface area contributed by atoms with Gasteiger partial charge in [0.05, 0.1) is 17.4 Å². The lowest BCUT2D eigenvalue weighted by atomic mass is 9.86. The van der Waals surface area contributed by atoms with Crippen LogP contribution in [0.2, 0.25) is 0 Å². The first-order valence-electron chi connectivity index (χ1n) is 14.5. The third kappa shape index (κ3) is 6.76. The lowest BCUT2D eigenvalue weighted by Crippen LogP contribution is -2.31. The van der Waals surface area contributed by atoms with Crippen molar-refractivity contribution in [1.82, 2.24) is 29.1 Å². The number of carbonyl (C=O) groups is 2. The van der Waals surface area contributed by atoms with Gasteiger partial charge in [0.15, 0.2) is 5.65 Å². The molecule has 3 heterocycles. The quantitative estimate of drug-likeness (QED) is 0.244. The number of H-pyrrole nitrogens is 1. The Hall–Kier alpha value is -4.55. The molecule has 1 fully saturated rings. The van der Waals surface area contributed by atoms with Crippen LogP contribution >= 0.6 is 0 Å². The second kappa shape index (κ2) is 12.4. The monoisotopic (exact) mass is 593 g/mol. The molecule has 5 rings (SSSR count). The molecule has 0 saturated heterocycles. The van der Waals surface area contributed by atoms with E-state index in [2.05, 4.69) is 25.3 Å². The first-order valence-corrected chi connectivity index (χ1v) is 14.5. The van der Waals surface area contributed by atoms with Crippen LogP contribution in [0.4, 0.5) is 20.8 Å². The van der Waals surface area contributed by atoms with E-state index in [0.29, 0.717) is 43.3 Å². The number of esters is 1. The van der Waals surface area contributed by atoms with Crippen LogP contribution in [-0.2, 0) is 9.47 Å². The second-order valence-corrected chi connectivity index (χ2v) is 11.9. The van der Waals surface area contributed by atoms with Crippen LogP contribution in [0, 0.1) is 11.2 Å². The van der Waals surface area contributed by atoms with Crippen LogP contribution < -0.4 is 11.0 Å². The van der Waals surface area contributed by atoms with E-state index in [0.717, 1.165) is 6.42 Å². The minimum absolute atomic E-state index is 0.0868.